The first-order chi connectivity index (χ1) is 13.9. The number of hydrogen-bond donors (Lipinski definition) is 1. The van der Waals surface area contributed by atoms with Crippen LogP contribution in [0, 0.1) is 13.8 Å². The van der Waals surface area contributed by atoms with Gasteiger partial charge in [-0.05, 0) is 50.6 Å². The molecule has 0 spiro atoms. The molecular weight excluding hydrogens is 386 g/mol. The van der Waals surface area contributed by atoms with E-state index in [4.69, 9.17) is 11.6 Å². The van der Waals surface area contributed by atoms with Gasteiger partial charge in [0.05, 0.1) is 11.4 Å². The van der Waals surface area contributed by atoms with Gasteiger partial charge in [-0.25, -0.2) is 0 Å². The second-order valence-electron chi connectivity index (χ2n) is 7.61. The lowest BCUT2D eigenvalue weighted by Gasteiger charge is -2.37. The smallest absolute Gasteiger partial charge is 0.255 e. The van der Waals surface area contributed by atoms with E-state index < -0.39 is 0 Å². The Balaban J connectivity index is 1.76. The van der Waals surface area contributed by atoms with Crippen molar-refractivity contribution in [1.82, 2.24) is 4.90 Å². The third-order valence-corrected chi connectivity index (χ3v) is 5.36. The fraction of sp³-hybridized carbons (Fsp3) is 0.391. The van der Waals surface area contributed by atoms with Gasteiger partial charge in [0.15, 0.2) is 0 Å². The van der Waals surface area contributed by atoms with Gasteiger partial charge in [-0.15, -0.1) is 0 Å². The minimum Gasteiger partial charge on any atom is -0.366 e. The lowest BCUT2D eigenvalue weighted by molar-refractivity contribution is -0.131. The van der Waals surface area contributed by atoms with Crippen LogP contribution < -0.4 is 10.2 Å². The van der Waals surface area contributed by atoms with Crippen LogP contribution in [-0.2, 0) is 4.79 Å². The van der Waals surface area contributed by atoms with Gasteiger partial charge in [0, 0.05) is 43.2 Å². The Kier molecular flexibility index (Phi) is 6.80. The number of carbonyl (C=O) groups excluding carboxylic acids is 2. The van der Waals surface area contributed by atoms with Crippen LogP contribution in [0.1, 0.15) is 41.3 Å². The van der Waals surface area contributed by atoms with E-state index in [1.165, 1.54) is 0 Å². The van der Waals surface area contributed by atoms with Gasteiger partial charge in [0.2, 0.25) is 5.91 Å². The fourth-order valence-electron chi connectivity index (χ4n) is 3.75. The summed E-state index contributed by atoms with van der Waals surface area (Å²) in [4.78, 5) is 29.1. The number of rotatable bonds is 5. The molecule has 0 atom stereocenters. The van der Waals surface area contributed by atoms with E-state index in [1.54, 1.807) is 6.07 Å². The van der Waals surface area contributed by atoms with Gasteiger partial charge in [0.1, 0.15) is 0 Å². The van der Waals surface area contributed by atoms with Gasteiger partial charge >= 0.3 is 0 Å². The quantitative estimate of drug-likeness (QED) is 0.775. The Morgan fingerprint density at radius 3 is 2.28 bits per heavy atom. The molecule has 5 nitrogen and oxygen atoms in total. The number of piperazine rings is 1. The summed E-state index contributed by atoms with van der Waals surface area (Å²) in [5, 5.41) is 3.60. The normalized spacial score (nSPS) is 14.1. The molecule has 0 aromatic heterocycles. The molecule has 1 N–H and O–H groups in total. The summed E-state index contributed by atoms with van der Waals surface area (Å²) in [6.45, 7) is 8.80. The molecule has 1 fully saturated rings. The van der Waals surface area contributed by atoms with Crippen LogP contribution in [0.4, 0.5) is 11.4 Å². The molecule has 2 amide bonds. The zero-order chi connectivity index (χ0) is 21.0. The Labute approximate surface area is 177 Å². The van der Waals surface area contributed by atoms with Crippen LogP contribution in [0.25, 0.3) is 0 Å². The van der Waals surface area contributed by atoms with E-state index in [1.807, 2.05) is 56.0 Å². The van der Waals surface area contributed by atoms with Crippen molar-refractivity contribution >= 4 is 34.8 Å². The van der Waals surface area contributed by atoms with Crippen molar-refractivity contribution in [2.45, 2.75) is 33.6 Å². The summed E-state index contributed by atoms with van der Waals surface area (Å²) in [5.41, 5.74) is 4.34. The lowest BCUT2D eigenvalue weighted by Crippen LogP contribution is -2.48. The molecule has 1 aliphatic heterocycles. The largest absolute Gasteiger partial charge is 0.366 e. The maximum absolute atomic E-state index is 12.9. The molecule has 6 heteroatoms. The highest BCUT2D eigenvalue weighted by atomic mass is 35.5. The zero-order valence-corrected chi connectivity index (χ0v) is 18.1. The molecule has 29 heavy (non-hydrogen) atoms. The van der Waals surface area contributed by atoms with Crippen molar-refractivity contribution < 1.29 is 9.59 Å². The van der Waals surface area contributed by atoms with E-state index >= 15 is 0 Å². The molecule has 1 heterocycles. The fourth-order valence-corrected chi connectivity index (χ4v) is 3.93. The third-order valence-electron chi connectivity index (χ3n) is 5.13. The standard InChI is InChI=1S/C23H28ClN3O2/c1-4-5-22(28)27-10-8-26(9-11-27)21-7-6-19(24)15-20(21)25-23(29)18-13-16(2)12-17(3)14-18/h6-7,12-15H,4-5,8-11H2,1-3H3,(H,25,29). The van der Waals surface area contributed by atoms with Crippen molar-refractivity contribution in [2.24, 2.45) is 0 Å². The molecule has 1 aliphatic rings. The predicted molar refractivity (Wildman–Crippen MR) is 119 cm³/mol. The monoisotopic (exact) mass is 413 g/mol. The van der Waals surface area contributed by atoms with Crippen molar-refractivity contribution in [3.63, 3.8) is 0 Å². The third kappa shape index (κ3) is 5.30. The average molecular weight is 414 g/mol. The highest BCUT2D eigenvalue weighted by Gasteiger charge is 2.23. The molecular formula is C23H28ClN3O2. The van der Waals surface area contributed by atoms with E-state index in [9.17, 15) is 9.59 Å². The molecule has 0 bridgehead atoms. The molecule has 2 aromatic carbocycles. The highest BCUT2D eigenvalue weighted by Crippen LogP contribution is 2.30. The molecule has 154 valence electrons. The molecule has 1 saturated heterocycles. The van der Waals surface area contributed by atoms with Crippen molar-refractivity contribution in [1.29, 1.82) is 0 Å². The van der Waals surface area contributed by atoms with Crippen LogP contribution in [0.15, 0.2) is 36.4 Å². The van der Waals surface area contributed by atoms with Crippen LogP contribution in [-0.4, -0.2) is 42.9 Å². The van der Waals surface area contributed by atoms with E-state index in [2.05, 4.69) is 10.2 Å². The summed E-state index contributed by atoms with van der Waals surface area (Å²) in [7, 11) is 0. The van der Waals surface area contributed by atoms with E-state index in [-0.39, 0.29) is 11.8 Å². The first-order valence-corrected chi connectivity index (χ1v) is 10.5. The minimum absolute atomic E-state index is 0.155. The topological polar surface area (TPSA) is 52.7 Å². The van der Waals surface area contributed by atoms with Crippen LogP contribution in [0.2, 0.25) is 5.02 Å². The zero-order valence-electron chi connectivity index (χ0n) is 17.3. The summed E-state index contributed by atoms with van der Waals surface area (Å²) < 4.78 is 0. The van der Waals surface area contributed by atoms with Crippen molar-refractivity contribution in [3.8, 4) is 0 Å². The number of nitrogens with zero attached hydrogens (tertiary/aromatic N) is 2. The number of anilines is 2. The van der Waals surface area contributed by atoms with E-state index in [0.717, 1.165) is 36.3 Å². The average Bonchev–Trinajstić information content (AvgIpc) is 2.68. The van der Waals surface area contributed by atoms with Gasteiger partial charge in [-0.3, -0.25) is 9.59 Å². The first kappa shape index (κ1) is 21.2. The maximum atomic E-state index is 12.9. The van der Waals surface area contributed by atoms with Gasteiger partial charge in [0.25, 0.3) is 5.91 Å². The van der Waals surface area contributed by atoms with Crippen LogP contribution in [0.3, 0.4) is 0 Å². The number of aryl methyl sites for hydroxylation is 2. The number of hydrogen-bond acceptors (Lipinski definition) is 3. The SMILES string of the molecule is CCCC(=O)N1CCN(c2ccc(Cl)cc2NC(=O)c2cc(C)cc(C)c2)CC1. The summed E-state index contributed by atoms with van der Waals surface area (Å²) in [6, 6.07) is 11.4. The second kappa shape index (κ2) is 9.31. The first-order valence-electron chi connectivity index (χ1n) is 10.1. The lowest BCUT2D eigenvalue weighted by atomic mass is 10.1. The summed E-state index contributed by atoms with van der Waals surface area (Å²) >= 11 is 6.21. The second-order valence-corrected chi connectivity index (χ2v) is 8.05. The summed E-state index contributed by atoms with van der Waals surface area (Å²) in [6.07, 6.45) is 1.46. The Morgan fingerprint density at radius 1 is 1.00 bits per heavy atom. The van der Waals surface area contributed by atoms with Gasteiger partial charge < -0.3 is 15.1 Å². The highest BCUT2D eigenvalue weighted by molar-refractivity contribution is 6.31. The van der Waals surface area contributed by atoms with Gasteiger partial charge in [-0.1, -0.05) is 35.7 Å². The molecule has 0 radical (unpaired) electrons. The van der Waals surface area contributed by atoms with Crippen LogP contribution >= 0.6 is 11.6 Å². The van der Waals surface area contributed by atoms with Crippen molar-refractivity contribution in [3.05, 3.63) is 58.1 Å². The number of benzene rings is 2. The van der Waals surface area contributed by atoms with E-state index in [0.29, 0.717) is 35.8 Å². The minimum atomic E-state index is -0.155. The molecule has 0 saturated carbocycles. The Hall–Kier alpha value is -2.53. The maximum Gasteiger partial charge on any atom is 0.255 e. The Bertz CT molecular complexity index is 885. The Morgan fingerprint density at radius 2 is 1.66 bits per heavy atom. The van der Waals surface area contributed by atoms with Gasteiger partial charge in [-0.2, -0.15) is 0 Å². The number of halogens is 1. The molecule has 2 aromatic rings. The predicted octanol–water partition coefficient (Wildman–Crippen LogP) is 4.66. The van der Waals surface area contributed by atoms with Crippen molar-refractivity contribution in [2.75, 3.05) is 36.4 Å². The molecule has 0 aliphatic carbocycles. The summed E-state index contributed by atoms with van der Waals surface area (Å²) in [5.74, 6) is 0.0590. The number of nitrogens with one attached hydrogen (secondary N) is 1. The number of carbonyl (C=O) groups is 2. The number of amides is 2. The molecule has 3 rings (SSSR count). The molecule has 0 unspecified atom stereocenters. The van der Waals surface area contributed by atoms with Crippen LogP contribution in [0.5, 0.6) is 0 Å².